The van der Waals surface area contributed by atoms with Gasteiger partial charge in [0.05, 0.1) is 9.79 Å². The molecule has 0 atom stereocenters. The van der Waals surface area contributed by atoms with Gasteiger partial charge in [-0.25, -0.2) is 35.9 Å². The Labute approximate surface area is 268 Å². The van der Waals surface area contributed by atoms with E-state index in [1.165, 1.54) is 69.2 Å². The Balaban J connectivity index is 1.95. The zero-order valence-corrected chi connectivity index (χ0v) is 28.2. The Bertz CT molecular complexity index is 1350. The van der Waals surface area contributed by atoms with Crippen LogP contribution in [0.2, 0.25) is 0 Å². The summed E-state index contributed by atoms with van der Waals surface area (Å²) in [7, 11) is -8.56. The fraction of sp³-hybridized carbons (Fsp3) is 0.531. The molecule has 0 spiro atoms. The molecular weight excluding hydrogens is 617 g/mol. The average Bonchev–Trinajstić information content (AvgIpc) is 2.97. The number of nitrogens with one attached hydrogen (secondary N) is 4. The van der Waals surface area contributed by atoms with E-state index < -0.39 is 44.1 Å². The molecule has 4 amide bonds. The van der Waals surface area contributed by atoms with E-state index in [0.717, 1.165) is 36.8 Å². The molecule has 0 aromatic heterocycles. The quantitative estimate of drug-likeness (QED) is 0.1000. The number of Topliss-reactive ketones (excluding diaryl/α,β-unsaturated/α-hetero) is 1. The zero-order valence-electron chi connectivity index (χ0n) is 26.6. The average molecular weight is 665 g/mol. The Morgan fingerprint density at radius 2 is 0.889 bits per heavy atom. The second kappa shape index (κ2) is 19.2. The summed E-state index contributed by atoms with van der Waals surface area (Å²) in [6, 6.07) is 9.02. The molecule has 0 saturated carbocycles. The van der Waals surface area contributed by atoms with Crippen molar-refractivity contribution in [3.63, 3.8) is 0 Å². The van der Waals surface area contributed by atoms with E-state index in [9.17, 15) is 31.2 Å². The summed E-state index contributed by atoms with van der Waals surface area (Å²) in [5.74, 6) is -0.604. The lowest BCUT2D eigenvalue weighted by molar-refractivity contribution is -0.121. The SMILES string of the molecule is CCCCCCCCCCCCCCC(=O)C(NC(=O)NS(=O)(=O)c1ccc(C)cc1)NC(=O)NS(=O)(=O)c1ccc(C)cc1. The molecule has 11 nitrogen and oxygen atoms in total. The van der Waals surface area contributed by atoms with Crippen molar-refractivity contribution >= 4 is 37.9 Å². The van der Waals surface area contributed by atoms with Crippen molar-refractivity contribution in [1.82, 2.24) is 20.1 Å². The van der Waals surface area contributed by atoms with Gasteiger partial charge in [-0.1, -0.05) is 113 Å². The third-order valence-electron chi connectivity index (χ3n) is 7.27. The first-order valence-corrected chi connectivity index (χ1v) is 18.6. The van der Waals surface area contributed by atoms with Crippen LogP contribution >= 0.6 is 0 Å². The maximum absolute atomic E-state index is 13.1. The molecule has 2 rings (SSSR count). The van der Waals surface area contributed by atoms with Gasteiger partial charge in [-0.05, 0) is 44.5 Å². The predicted octanol–water partition coefficient (Wildman–Crippen LogP) is 5.97. The van der Waals surface area contributed by atoms with E-state index in [0.29, 0.717) is 6.42 Å². The molecule has 0 aliphatic carbocycles. The summed E-state index contributed by atoms with van der Waals surface area (Å²) in [5.41, 5.74) is 1.63. The molecule has 0 aliphatic heterocycles. The number of sulfonamides is 2. The molecule has 45 heavy (non-hydrogen) atoms. The summed E-state index contributed by atoms with van der Waals surface area (Å²) in [4.78, 5) is 38.1. The van der Waals surface area contributed by atoms with Crippen LogP contribution in [0.4, 0.5) is 9.59 Å². The number of amides is 4. The van der Waals surface area contributed by atoms with Gasteiger partial charge in [0.15, 0.2) is 11.9 Å². The topological polar surface area (TPSA) is 168 Å². The van der Waals surface area contributed by atoms with Gasteiger partial charge in [0.1, 0.15) is 0 Å². The lowest BCUT2D eigenvalue weighted by atomic mass is 10.0. The van der Waals surface area contributed by atoms with Crippen LogP contribution in [0.25, 0.3) is 0 Å². The monoisotopic (exact) mass is 664 g/mol. The fourth-order valence-corrected chi connectivity index (χ4v) is 6.43. The molecule has 0 bridgehead atoms. The molecule has 0 saturated heterocycles. The van der Waals surface area contributed by atoms with Gasteiger partial charge in [-0.15, -0.1) is 0 Å². The number of carbonyl (C=O) groups is 3. The number of unbranched alkanes of at least 4 members (excludes halogenated alkanes) is 11. The van der Waals surface area contributed by atoms with Crippen molar-refractivity contribution in [2.75, 3.05) is 0 Å². The molecule has 13 heteroatoms. The highest BCUT2D eigenvalue weighted by Crippen LogP contribution is 2.14. The first-order chi connectivity index (χ1) is 21.3. The first-order valence-electron chi connectivity index (χ1n) is 15.7. The molecule has 0 unspecified atom stereocenters. The van der Waals surface area contributed by atoms with E-state index in [4.69, 9.17) is 0 Å². The minimum atomic E-state index is -4.28. The molecule has 2 aromatic carbocycles. The molecule has 250 valence electrons. The summed E-state index contributed by atoms with van der Waals surface area (Å²) < 4.78 is 54.3. The molecule has 0 fully saturated rings. The third-order valence-corrected chi connectivity index (χ3v) is 9.96. The fourth-order valence-electron chi connectivity index (χ4n) is 4.60. The number of hydrogen-bond donors (Lipinski definition) is 4. The Morgan fingerprint density at radius 1 is 0.556 bits per heavy atom. The van der Waals surface area contributed by atoms with Crippen molar-refractivity contribution in [3.8, 4) is 0 Å². The van der Waals surface area contributed by atoms with Gasteiger partial charge in [0, 0.05) is 6.42 Å². The van der Waals surface area contributed by atoms with Crippen molar-refractivity contribution in [1.29, 1.82) is 0 Å². The number of rotatable bonds is 20. The predicted molar refractivity (Wildman–Crippen MR) is 175 cm³/mol. The van der Waals surface area contributed by atoms with Crippen molar-refractivity contribution in [3.05, 3.63) is 59.7 Å². The largest absolute Gasteiger partial charge is 0.330 e. The Morgan fingerprint density at radius 3 is 1.24 bits per heavy atom. The highest BCUT2D eigenvalue weighted by molar-refractivity contribution is 7.90. The summed E-state index contributed by atoms with van der Waals surface area (Å²) in [6.45, 7) is 5.76. The van der Waals surface area contributed by atoms with Crippen LogP contribution in [-0.4, -0.2) is 40.8 Å². The van der Waals surface area contributed by atoms with Crippen molar-refractivity contribution in [2.45, 2.75) is 120 Å². The van der Waals surface area contributed by atoms with Gasteiger partial charge >= 0.3 is 12.1 Å². The van der Waals surface area contributed by atoms with Crippen molar-refractivity contribution in [2.24, 2.45) is 0 Å². The van der Waals surface area contributed by atoms with Crippen LogP contribution in [0.1, 0.15) is 102 Å². The van der Waals surface area contributed by atoms with E-state index in [-0.39, 0.29) is 16.2 Å². The van der Waals surface area contributed by atoms with E-state index in [2.05, 4.69) is 17.6 Å². The van der Waals surface area contributed by atoms with Gasteiger partial charge in [-0.2, -0.15) is 0 Å². The minimum Gasteiger partial charge on any atom is -0.310 e. The maximum atomic E-state index is 13.1. The second-order valence-electron chi connectivity index (χ2n) is 11.3. The second-order valence-corrected chi connectivity index (χ2v) is 14.7. The minimum absolute atomic E-state index is 0.0158. The Hall–Kier alpha value is -3.45. The molecule has 0 radical (unpaired) electrons. The molecule has 0 heterocycles. The maximum Gasteiger partial charge on any atom is 0.330 e. The molecule has 4 N–H and O–H groups in total. The van der Waals surface area contributed by atoms with Crippen LogP contribution in [-0.2, 0) is 24.8 Å². The van der Waals surface area contributed by atoms with Crippen molar-refractivity contribution < 1.29 is 31.2 Å². The van der Waals surface area contributed by atoms with Crippen LogP contribution in [0.3, 0.4) is 0 Å². The molecule has 0 aliphatic rings. The van der Waals surface area contributed by atoms with Crippen LogP contribution in [0.5, 0.6) is 0 Å². The summed E-state index contributed by atoms with van der Waals surface area (Å²) in [5, 5.41) is 4.33. The van der Waals surface area contributed by atoms with Gasteiger partial charge in [0.25, 0.3) is 20.0 Å². The summed E-state index contributed by atoms with van der Waals surface area (Å²) in [6.07, 6.45) is 11.4. The number of aryl methyl sites for hydroxylation is 2. The standard InChI is InChI=1S/C32H48N4O7S2/c1-4-5-6-7-8-9-10-11-12-13-14-15-16-29(37)30(33-31(38)35-44(40,41)27-21-17-25(2)18-22-27)34-32(39)36-45(42,43)28-23-19-26(3)20-24-28/h17-24,30H,4-16H2,1-3H3,(H2,33,35,38)(H2,34,36,39). The normalized spacial score (nSPS) is 11.6. The lowest BCUT2D eigenvalue weighted by Crippen LogP contribution is -2.58. The number of urea groups is 2. The first kappa shape index (κ1) is 37.7. The highest BCUT2D eigenvalue weighted by atomic mass is 32.2. The molecule has 2 aromatic rings. The van der Waals surface area contributed by atoms with Crippen LogP contribution in [0, 0.1) is 13.8 Å². The van der Waals surface area contributed by atoms with E-state index in [1.54, 1.807) is 38.1 Å². The smallest absolute Gasteiger partial charge is 0.310 e. The van der Waals surface area contributed by atoms with E-state index >= 15 is 0 Å². The van der Waals surface area contributed by atoms with E-state index in [1.807, 2.05) is 9.44 Å². The number of hydrogen-bond acceptors (Lipinski definition) is 7. The number of benzene rings is 2. The zero-order chi connectivity index (χ0) is 33.3. The highest BCUT2D eigenvalue weighted by Gasteiger charge is 2.27. The lowest BCUT2D eigenvalue weighted by Gasteiger charge is -2.20. The Kier molecular flexibility index (Phi) is 16.1. The third kappa shape index (κ3) is 14.5. The number of ketones is 1. The van der Waals surface area contributed by atoms with Crippen LogP contribution < -0.4 is 20.1 Å². The summed E-state index contributed by atoms with van der Waals surface area (Å²) >= 11 is 0. The van der Waals surface area contributed by atoms with Gasteiger partial charge in [0.2, 0.25) is 0 Å². The molecular formula is C32H48N4O7S2. The number of carbonyl (C=O) groups excluding carboxylic acids is 3. The van der Waals surface area contributed by atoms with Crippen LogP contribution in [0.15, 0.2) is 58.3 Å². The van der Waals surface area contributed by atoms with Gasteiger partial charge in [-0.3, -0.25) is 4.79 Å². The van der Waals surface area contributed by atoms with Gasteiger partial charge < -0.3 is 10.6 Å².